The number of hydrogen-bond donors (Lipinski definition) is 3. The van der Waals surface area contributed by atoms with E-state index in [1.807, 2.05) is 237 Å². The van der Waals surface area contributed by atoms with E-state index in [9.17, 15) is 33.6 Å². The van der Waals surface area contributed by atoms with Gasteiger partial charge in [0.15, 0.2) is 0 Å². The molecule has 22 nitrogen and oxygen atoms in total. The summed E-state index contributed by atoms with van der Waals surface area (Å²) < 4.78 is 41.8. The fraction of sp³-hybridized carbons (Fsp3) is 0.404. The number of rotatable bonds is 10. The lowest BCUT2D eigenvalue weighted by atomic mass is 9.79. The van der Waals surface area contributed by atoms with E-state index in [4.69, 9.17) is 33.0 Å². The summed E-state index contributed by atoms with van der Waals surface area (Å²) in [7, 11) is -0.478. The molecule has 8 aromatic rings. The maximum atomic E-state index is 12.6. The molecule has 2 unspecified atom stereocenters. The molecule has 0 radical (unpaired) electrons. The zero-order chi connectivity index (χ0) is 81.3. The number of ether oxygens (including phenoxy) is 5. The first kappa shape index (κ1) is 83.7. The van der Waals surface area contributed by atoms with Crippen molar-refractivity contribution in [3.05, 3.63) is 240 Å². The molecule has 0 spiro atoms. The third kappa shape index (κ3) is 21.7. The highest BCUT2D eigenvalue weighted by Crippen LogP contribution is 2.41. The minimum Gasteiger partial charge on any atom is -0.473 e. The van der Waals surface area contributed by atoms with E-state index in [-0.39, 0.29) is 64.9 Å². The molecule has 594 valence electrons. The average molecular weight is 1600 g/mol. The third-order valence-corrected chi connectivity index (χ3v) is 21.0. The van der Waals surface area contributed by atoms with Crippen molar-refractivity contribution in [1.29, 1.82) is 0 Å². The second-order valence-corrected chi connectivity index (χ2v) is 34.1. The molecule has 3 fully saturated rings. The largest absolute Gasteiger partial charge is 0.500 e. The number of hydrogen-bond acceptors (Lipinski definition) is 17. The monoisotopic (exact) mass is 1600 g/mol. The zero-order valence-electron chi connectivity index (χ0n) is 67.5. The summed E-state index contributed by atoms with van der Waals surface area (Å²) in [5, 5.41) is 8.11. The number of nitrogens with zero attached hydrogens (tertiary/aromatic N) is 5. The highest BCUT2D eigenvalue weighted by molar-refractivity contribution is 9.10. The highest BCUT2D eigenvalue weighted by atomic mass is 79.9. The van der Waals surface area contributed by atoms with Gasteiger partial charge in [-0.3, -0.25) is 44.5 Å². The van der Waals surface area contributed by atoms with Crippen molar-refractivity contribution in [2.45, 2.75) is 235 Å². The van der Waals surface area contributed by atoms with E-state index in [1.54, 1.807) is 14.7 Å². The van der Waals surface area contributed by atoms with E-state index in [0.29, 0.717) is 89.9 Å². The van der Waals surface area contributed by atoms with Crippen molar-refractivity contribution in [1.82, 2.24) is 40.6 Å². The fourth-order valence-electron chi connectivity index (χ4n) is 14.0. The van der Waals surface area contributed by atoms with E-state index >= 15 is 0 Å². The van der Waals surface area contributed by atoms with Gasteiger partial charge in [0.25, 0.3) is 0 Å². The van der Waals surface area contributed by atoms with E-state index in [0.717, 1.165) is 90.0 Å². The molecule has 24 heteroatoms. The summed E-state index contributed by atoms with van der Waals surface area (Å²) in [6, 6.07) is 52.1. The number of amides is 7. The van der Waals surface area contributed by atoms with E-state index < -0.39 is 23.9 Å². The van der Waals surface area contributed by atoms with Crippen molar-refractivity contribution in [3.8, 4) is 22.9 Å². The van der Waals surface area contributed by atoms with Crippen LogP contribution >= 0.6 is 15.9 Å². The van der Waals surface area contributed by atoms with Crippen LogP contribution in [-0.4, -0.2) is 102 Å². The number of fused-ring (bicyclic) bond motifs is 4. The van der Waals surface area contributed by atoms with Crippen molar-refractivity contribution in [2.24, 2.45) is 0 Å². The number of aromatic nitrogens is 2. The quantitative estimate of drug-likeness (QED) is 0.0653. The summed E-state index contributed by atoms with van der Waals surface area (Å²) in [4.78, 5) is 97.7. The van der Waals surface area contributed by atoms with Crippen LogP contribution in [0.25, 0.3) is 11.1 Å². The van der Waals surface area contributed by atoms with Crippen LogP contribution in [0.15, 0.2) is 162 Å². The molecule has 7 aliphatic rings. The van der Waals surface area contributed by atoms with Crippen molar-refractivity contribution < 1.29 is 66.6 Å². The Morgan fingerprint density at radius 2 is 0.885 bits per heavy atom. The van der Waals surface area contributed by atoms with Crippen LogP contribution < -0.4 is 30.9 Å². The Bertz CT molecular complexity index is 4810. The summed E-state index contributed by atoms with van der Waals surface area (Å²) in [5.74, 6) is -0.114. The molecular formula is C89H104BBrN8O14. The highest BCUT2D eigenvalue weighted by Gasteiger charge is 2.53. The first-order valence-corrected chi connectivity index (χ1v) is 39.3. The zero-order valence-corrected chi connectivity index (χ0v) is 69.1. The fourth-order valence-corrected chi connectivity index (χ4v) is 14.5. The predicted molar refractivity (Wildman–Crippen MR) is 435 cm³/mol. The van der Waals surface area contributed by atoms with Crippen molar-refractivity contribution in [3.63, 3.8) is 0 Å². The number of piperidine rings is 2. The number of imide groups is 2. The predicted octanol–water partition coefficient (Wildman–Crippen LogP) is 16.1. The Morgan fingerprint density at radius 3 is 1.37 bits per heavy atom. The lowest BCUT2D eigenvalue weighted by molar-refractivity contribution is -0.135. The first-order chi connectivity index (χ1) is 53.4. The second kappa shape index (κ2) is 35.4. The van der Waals surface area contributed by atoms with Gasteiger partial charge in [0.2, 0.25) is 35.4 Å². The lowest BCUT2D eigenvalue weighted by Crippen LogP contribution is -2.41. The smallest absolute Gasteiger partial charge is 0.473 e. The number of nitrogens with one attached hydrogen (secondary N) is 3. The minimum absolute atomic E-state index is 0.151. The topological polar surface area (TPSA) is 256 Å². The van der Waals surface area contributed by atoms with Crippen molar-refractivity contribution in [2.75, 3.05) is 0 Å². The van der Waals surface area contributed by atoms with Gasteiger partial charge < -0.3 is 38.3 Å². The molecule has 6 aromatic carbocycles. The molecule has 0 saturated carbocycles. The summed E-state index contributed by atoms with van der Waals surface area (Å²) in [6.07, 6.45) is 1.02. The molecule has 7 aliphatic heterocycles. The maximum Gasteiger partial charge on any atom is 0.500 e. The molecule has 7 amide bonds. The Hall–Kier alpha value is -10.3. The van der Waals surface area contributed by atoms with E-state index in [1.165, 1.54) is 22.3 Å². The first-order valence-electron chi connectivity index (χ1n) is 38.5. The third-order valence-electron chi connectivity index (χ3n) is 20.3. The summed E-state index contributed by atoms with van der Waals surface area (Å²) in [5.41, 5.74) is 15.6. The van der Waals surface area contributed by atoms with Crippen LogP contribution in [-0.2, 0) is 108 Å². The Labute approximate surface area is 672 Å². The molecule has 3 saturated heterocycles. The van der Waals surface area contributed by atoms with Gasteiger partial charge >= 0.3 is 25.4 Å². The van der Waals surface area contributed by atoms with Crippen molar-refractivity contribution >= 4 is 70.4 Å². The summed E-state index contributed by atoms with van der Waals surface area (Å²) >= 11 is 3.51. The maximum absolute atomic E-state index is 12.6. The number of aryl methyl sites for hydroxylation is 2. The standard InChI is InChI=1S/C26H28N2O3.C19H24BNO3.C18H22N2O4.C13H16BrNO2.C13H14N2O2/c1-18-13-14-22(24(27-18)30-17-19-9-6-5-7-10-19)21-12-8-11-20-15-28(16-23(20)21)25(29)31-26(2,3)4;1-14-11-12-16(20-23-18(2,3)19(4,5)24-20)17(21-14)22-13-15-9-7-6-8-10-15;1-18(2,3)24-17(23)20-9-11-5-4-6-12(14(11)10-20)13-7-8-15(21)19-16(13)22;1-13(2,3)17-12(16)15-7-9-5-4-6-11(14)10(9)8-15;16-12-5-4-10(13(17)15-12)9-3-1-2-8-6-14-7-11(8)9/h5-14H,15-17H2,1-4H3;6-12H,13H2,1-5H3;4-6,13H,7-10H2,1-3H3,(H,19,21,22);4-6H,7-8H2,1-3H3;1-3,10,14H,4-7H2,(H,15,16,17). The number of carbonyl (C=O) groups excluding carboxylic acids is 7. The summed E-state index contributed by atoms with van der Waals surface area (Å²) in [6.45, 7) is 34.7. The Kier molecular flexibility index (Phi) is 26.2. The average Bonchev–Trinajstić information content (AvgIpc) is 1.62. The van der Waals surface area contributed by atoms with Gasteiger partial charge in [-0.05, 0) is 213 Å². The van der Waals surface area contributed by atoms with Gasteiger partial charge in [-0.2, -0.15) is 0 Å². The SMILES string of the molecule is CC(C)(C)OC(=O)N1Cc2cccc(Br)c2C1.CC(C)(C)OC(=O)N1Cc2cccc(C3CCC(=O)NC3=O)c2C1.Cc1ccc(-c2cccc3c2CN(C(=O)OC(C)(C)C)C3)c(OCc2ccccc2)n1.Cc1ccc(B2OC(C)(C)C(C)(C)O2)c(OCc2ccccc2)n1.O=C1CCC(c2cccc3c2CNC3)C(=O)N1. The van der Waals surface area contributed by atoms with Gasteiger partial charge in [0.1, 0.15) is 30.0 Å². The molecule has 2 aromatic heterocycles. The second-order valence-electron chi connectivity index (χ2n) is 33.2. The molecule has 2 atom stereocenters. The van der Waals surface area contributed by atoms with Crippen LogP contribution in [0.2, 0.25) is 0 Å². The molecule has 3 N–H and O–H groups in total. The van der Waals surface area contributed by atoms with Crippen LogP contribution in [0.5, 0.6) is 11.8 Å². The van der Waals surface area contributed by atoms with E-state index in [2.05, 4.69) is 66.1 Å². The van der Waals surface area contributed by atoms with Crippen LogP contribution in [0.3, 0.4) is 0 Å². The molecule has 0 bridgehead atoms. The number of benzene rings is 6. The van der Waals surface area contributed by atoms with Gasteiger partial charge in [-0.1, -0.05) is 149 Å². The van der Waals surface area contributed by atoms with Gasteiger partial charge in [-0.25, -0.2) is 24.4 Å². The molecule has 9 heterocycles. The molecule has 0 aliphatic carbocycles. The van der Waals surface area contributed by atoms with Gasteiger partial charge in [0.05, 0.1) is 36.1 Å². The molecule has 15 rings (SSSR count). The van der Waals surface area contributed by atoms with Crippen LogP contribution in [0.4, 0.5) is 14.4 Å². The van der Waals surface area contributed by atoms with Gasteiger partial charge in [-0.15, -0.1) is 0 Å². The van der Waals surface area contributed by atoms with Crippen LogP contribution in [0.1, 0.15) is 206 Å². The lowest BCUT2D eigenvalue weighted by Gasteiger charge is -2.32. The Balaban J connectivity index is 0.000000142. The minimum atomic E-state index is -0.543. The molecule has 113 heavy (non-hydrogen) atoms. The number of halogens is 1. The Morgan fingerprint density at radius 1 is 0.469 bits per heavy atom. The number of pyridine rings is 2. The van der Waals surface area contributed by atoms with Gasteiger partial charge in [0, 0.05) is 79.0 Å². The normalized spacial score (nSPS) is 17.7. The van der Waals surface area contributed by atoms with Crippen LogP contribution in [0, 0.1) is 13.8 Å². The molecular weight excluding hydrogens is 1500 g/mol. The number of carbonyl (C=O) groups is 7.